The van der Waals surface area contributed by atoms with Crippen molar-refractivity contribution in [3.63, 3.8) is 0 Å². The third-order valence-corrected chi connectivity index (χ3v) is 4.51. The first-order valence-electron chi connectivity index (χ1n) is 8.40. The Bertz CT molecular complexity index is 614. The number of carbonyl (C=O) groups excluding carboxylic acids is 1. The van der Waals surface area contributed by atoms with E-state index < -0.39 is 11.2 Å². The lowest BCUT2D eigenvalue weighted by Gasteiger charge is -2.51. The lowest BCUT2D eigenvalue weighted by Crippen LogP contribution is -2.63. The molecule has 0 radical (unpaired) electrons. The van der Waals surface area contributed by atoms with E-state index in [2.05, 4.69) is 9.97 Å². The number of piperidine rings is 1. The molecule has 8 heteroatoms. The standard InChI is InChI=1S/C17H25N3O5/c1-16(2,3)25-15(21)20-12-5-17(22,6-13(20)10-24-9-12)11-7-18-14(23-4)19-8-11/h7-8,12-13,22H,5-6,9-10H2,1-4H3. The monoisotopic (exact) mass is 351 g/mol. The minimum atomic E-state index is -1.11. The topological polar surface area (TPSA) is 94.0 Å². The molecule has 0 saturated carbocycles. The van der Waals surface area contributed by atoms with Crippen LogP contribution in [0.25, 0.3) is 0 Å². The van der Waals surface area contributed by atoms with Crippen molar-refractivity contribution in [1.82, 2.24) is 14.9 Å². The molecule has 1 aromatic rings. The summed E-state index contributed by atoms with van der Waals surface area (Å²) in [5.41, 5.74) is -1.05. The molecule has 3 rings (SSSR count). The van der Waals surface area contributed by atoms with Gasteiger partial charge < -0.3 is 19.3 Å². The van der Waals surface area contributed by atoms with Crippen LogP contribution in [0.1, 0.15) is 39.2 Å². The minimum absolute atomic E-state index is 0.252. The van der Waals surface area contributed by atoms with Gasteiger partial charge in [-0.25, -0.2) is 14.8 Å². The molecular formula is C17H25N3O5. The Labute approximate surface area is 147 Å². The summed E-state index contributed by atoms with van der Waals surface area (Å²) in [4.78, 5) is 22.5. The number of rotatable bonds is 2. The second-order valence-electron chi connectivity index (χ2n) is 7.63. The molecule has 8 nitrogen and oxygen atoms in total. The fraction of sp³-hybridized carbons (Fsp3) is 0.706. The van der Waals surface area contributed by atoms with Gasteiger partial charge in [0.15, 0.2) is 0 Å². The quantitative estimate of drug-likeness (QED) is 0.862. The second kappa shape index (κ2) is 6.42. The molecule has 1 aromatic heterocycles. The number of amides is 1. The van der Waals surface area contributed by atoms with Gasteiger partial charge in [-0.2, -0.15) is 0 Å². The Balaban J connectivity index is 1.81. The SMILES string of the molecule is COc1ncc(C2(O)CC3COCC(C2)N3C(=O)OC(C)(C)C)cn1. The van der Waals surface area contributed by atoms with Crippen LogP contribution in [-0.2, 0) is 15.1 Å². The molecule has 2 bridgehead atoms. The van der Waals surface area contributed by atoms with Crippen LogP contribution in [0.2, 0.25) is 0 Å². The zero-order valence-corrected chi connectivity index (χ0v) is 15.1. The van der Waals surface area contributed by atoms with E-state index in [4.69, 9.17) is 14.2 Å². The van der Waals surface area contributed by atoms with E-state index in [1.807, 2.05) is 20.8 Å². The number of hydrogen-bond acceptors (Lipinski definition) is 7. The van der Waals surface area contributed by atoms with Crippen LogP contribution in [0, 0.1) is 0 Å². The largest absolute Gasteiger partial charge is 0.467 e. The summed E-state index contributed by atoms with van der Waals surface area (Å²) in [5.74, 6) is 0. The molecule has 1 N–H and O–H groups in total. The number of hydrogen-bond donors (Lipinski definition) is 1. The molecule has 138 valence electrons. The van der Waals surface area contributed by atoms with Crippen molar-refractivity contribution in [1.29, 1.82) is 0 Å². The van der Waals surface area contributed by atoms with Crippen LogP contribution in [0.4, 0.5) is 4.79 Å². The summed E-state index contributed by atoms with van der Waals surface area (Å²) in [6.07, 6.45) is 3.48. The van der Waals surface area contributed by atoms with Crippen molar-refractivity contribution in [2.45, 2.75) is 56.9 Å². The zero-order chi connectivity index (χ0) is 18.2. The average Bonchev–Trinajstić information content (AvgIpc) is 2.52. The average molecular weight is 351 g/mol. The predicted octanol–water partition coefficient (Wildman–Crippen LogP) is 1.47. The number of ether oxygens (including phenoxy) is 3. The van der Waals surface area contributed by atoms with Crippen molar-refractivity contribution in [2.24, 2.45) is 0 Å². The van der Waals surface area contributed by atoms with Gasteiger partial charge in [0.1, 0.15) is 5.60 Å². The maximum atomic E-state index is 12.6. The van der Waals surface area contributed by atoms with Crippen LogP contribution in [0.3, 0.4) is 0 Å². The molecule has 25 heavy (non-hydrogen) atoms. The molecule has 0 aromatic carbocycles. The number of carbonyl (C=O) groups is 1. The van der Waals surface area contributed by atoms with Crippen LogP contribution in [0.15, 0.2) is 12.4 Å². The van der Waals surface area contributed by atoms with Gasteiger partial charge in [-0.3, -0.25) is 4.90 Å². The molecule has 2 aliphatic heterocycles. The van der Waals surface area contributed by atoms with Crippen molar-refractivity contribution in [3.05, 3.63) is 18.0 Å². The molecule has 2 unspecified atom stereocenters. The molecule has 0 spiro atoms. The predicted molar refractivity (Wildman–Crippen MR) is 88.2 cm³/mol. The fourth-order valence-corrected chi connectivity index (χ4v) is 3.49. The summed E-state index contributed by atoms with van der Waals surface area (Å²) in [5, 5.41) is 11.2. The van der Waals surface area contributed by atoms with Crippen molar-refractivity contribution in [2.75, 3.05) is 20.3 Å². The highest BCUT2D eigenvalue weighted by Gasteiger charge is 2.50. The third-order valence-electron chi connectivity index (χ3n) is 4.51. The summed E-state index contributed by atoms with van der Waals surface area (Å²) in [6.45, 7) is 6.26. The molecular weight excluding hydrogens is 326 g/mol. The number of aromatic nitrogens is 2. The molecule has 3 heterocycles. The number of fused-ring (bicyclic) bond motifs is 2. The number of aliphatic hydroxyl groups is 1. The van der Waals surface area contributed by atoms with Crippen molar-refractivity contribution < 1.29 is 24.1 Å². The molecule has 2 saturated heterocycles. The maximum absolute atomic E-state index is 12.6. The number of morpholine rings is 1. The van der Waals surface area contributed by atoms with Gasteiger partial charge in [-0.1, -0.05) is 0 Å². The minimum Gasteiger partial charge on any atom is -0.467 e. The van der Waals surface area contributed by atoms with Crippen molar-refractivity contribution in [3.8, 4) is 6.01 Å². The normalized spacial score (nSPS) is 29.2. The van der Waals surface area contributed by atoms with E-state index in [0.717, 1.165) is 0 Å². The van der Waals surface area contributed by atoms with Gasteiger partial charge in [-0.15, -0.1) is 0 Å². The van der Waals surface area contributed by atoms with E-state index in [-0.39, 0.29) is 24.2 Å². The van der Waals surface area contributed by atoms with E-state index in [1.165, 1.54) is 7.11 Å². The van der Waals surface area contributed by atoms with E-state index in [1.54, 1.807) is 17.3 Å². The Morgan fingerprint density at radius 2 is 1.84 bits per heavy atom. The van der Waals surface area contributed by atoms with E-state index >= 15 is 0 Å². The molecule has 2 fully saturated rings. The summed E-state index contributed by atoms with van der Waals surface area (Å²) >= 11 is 0. The summed E-state index contributed by atoms with van der Waals surface area (Å²) in [6, 6.07) is -0.258. The van der Waals surface area contributed by atoms with Gasteiger partial charge in [0.2, 0.25) is 0 Å². The highest BCUT2D eigenvalue weighted by Crippen LogP contribution is 2.41. The summed E-state index contributed by atoms with van der Waals surface area (Å²) < 4.78 is 16.1. The van der Waals surface area contributed by atoms with Crippen LogP contribution < -0.4 is 4.74 Å². The number of nitrogens with zero attached hydrogens (tertiary/aromatic N) is 3. The number of methoxy groups -OCH3 is 1. The molecule has 2 aliphatic rings. The maximum Gasteiger partial charge on any atom is 0.410 e. The van der Waals surface area contributed by atoms with Gasteiger partial charge >= 0.3 is 12.1 Å². The van der Waals surface area contributed by atoms with E-state index in [9.17, 15) is 9.90 Å². The van der Waals surface area contributed by atoms with Crippen LogP contribution in [-0.4, -0.2) is 64.1 Å². The van der Waals surface area contributed by atoms with Crippen LogP contribution in [0.5, 0.6) is 6.01 Å². The lowest BCUT2D eigenvalue weighted by molar-refractivity contribution is -0.141. The first kappa shape index (κ1) is 17.9. The Kier molecular flexibility index (Phi) is 4.59. The lowest BCUT2D eigenvalue weighted by atomic mass is 9.78. The second-order valence-corrected chi connectivity index (χ2v) is 7.63. The van der Waals surface area contributed by atoms with Gasteiger partial charge in [0.05, 0.1) is 38.0 Å². The third kappa shape index (κ3) is 3.69. The highest BCUT2D eigenvalue weighted by atomic mass is 16.6. The summed E-state index contributed by atoms with van der Waals surface area (Å²) in [7, 11) is 1.49. The zero-order valence-electron chi connectivity index (χ0n) is 15.1. The Hall–Kier alpha value is -1.93. The Morgan fingerprint density at radius 1 is 1.28 bits per heavy atom. The van der Waals surface area contributed by atoms with Gasteiger partial charge in [0.25, 0.3) is 0 Å². The van der Waals surface area contributed by atoms with Crippen molar-refractivity contribution >= 4 is 6.09 Å². The Morgan fingerprint density at radius 3 is 2.32 bits per heavy atom. The molecule has 0 aliphatic carbocycles. The fourth-order valence-electron chi connectivity index (χ4n) is 3.49. The molecule has 2 atom stereocenters. The smallest absolute Gasteiger partial charge is 0.410 e. The highest BCUT2D eigenvalue weighted by molar-refractivity contribution is 5.69. The first-order chi connectivity index (χ1) is 11.7. The first-order valence-corrected chi connectivity index (χ1v) is 8.40. The van der Waals surface area contributed by atoms with Crippen LogP contribution >= 0.6 is 0 Å². The molecule has 1 amide bonds. The van der Waals surface area contributed by atoms with Gasteiger partial charge in [0, 0.05) is 30.8 Å². The van der Waals surface area contributed by atoms with Gasteiger partial charge in [-0.05, 0) is 20.8 Å². The van der Waals surface area contributed by atoms with E-state index in [0.29, 0.717) is 31.6 Å².